The molecule has 0 fully saturated rings. The lowest BCUT2D eigenvalue weighted by Crippen LogP contribution is -2.40. The van der Waals surface area contributed by atoms with Gasteiger partial charge in [0.25, 0.3) is 0 Å². The van der Waals surface area contributed by atoms with Crippen LogP contribution in [-0.2, 0) is 19.5 Å². The summed E-state index contributed by atoms with van der Waals surface area (Å²) in [6.07, 6.45) is 5.88. The van der Waals surface area contributed by atoms with E-state index < -0.39 is 0 Å². The summed E-state index contributed by atoms with van der Waals surface area (Å²) in [6, 6.07) is 10.7. The molecule has 30 heavy (non-hydrogen) atoms. The predicted octanol–water partition coefficient (Wildman–Crippen LogP) is 3.69. The van der Waals surface area contributed by atoms with E-state index in [0.717, 1.165) is 57.3 Å². The Labute approximate surface area is 196 Å². The molecule has 3 rings (SSSR count). The lowest BCUT2D eigenvalue weighted by atomic mass is 10.2. The maximum absolute atomic E-state index is 4.72. The molecule has 0 amide bonds. The van der Waals surface area contributed by atoms with Crippen molar-refractivity contribution in [3.63, 3.8) is 0 Å². The third-order valence-electron chi connectivity index (χ3n) is 4.82. The summed E-state index contributed by atoms with van der Waals surface area (Å²) >= 11 is 0. The fraction of sp³-hybridized carbons (Fsp3) is 0.500. The van der Waals surface area contributed by atoms with Crippen LogP contribution in [0.25, 0.3) is 10.9 Å². The van der Waals surface area contributed by atoms with Crippen molar-refractivity contribution in [1.82, 2.24) is 30.0 Å². The van der Waals surface area contributed by atoms with E-state index in [1.54, 1.807) is 6.33 Å². The van der Waals surface area contributed by atoms with Crippen LogP contribution in [0.5, 0.6) is 0 Å². The van der Waals surface area contributed by atoms with Crippen LogP contribution < -0.4 is 10.6 Å². The SMILES string of the molecule is CCc1nncn1CCNC(=NCC(C)C)NCCCn1ccc2ccccc21.I. The Balaban J connectivity index is 0.00000320. The second-order valence-electron chi connectivity index (χ2n) is 7.65. The summed E-state index contributed by atoms with van der Waals surface area (Å²) in [5.41, 5.74) is 1.29. The number of benzene rings is 1. The molecule has 0 aliphatic rings. The molecular weight excluding hydrogens is 489 g/mol. The van der Waals surface area contributed by atoms with E-state index in [1.165, 1.54) is 10.9 Å². The fourth-order valence-electron chi connectivity index (χ4n) is 3.27. The maximum atomic E-state index is 4.72. The molecule has 8 heteroatoms. The lowest BCUT2D eigenvalue weighted by Gasteiger charge is -2.14. The Morgan fingerprint density at radius 1 is 1.07 bits per heavy atom. The highest BCUT2D eigenvalue weighted by Crippen LogP contribution is 2.15. The summed E-state index contributed by atoms with van der Waals surface area (Å²) in [5, 5.41) is 16.3. The number of rotatable bonds is 10. The second-order valence-corrected chi connectivity index (χ2v) is 7.65. The number of aromatic nitrogens is 4. The van der Waals surface area contributed by atoms with Crippen molar-refractivity contribution < 1.29 is 0 Å². The Hall–Kier alpha value is -2.10. The molecule has 0 unspecified atom stereocenters. The highest BCUT2D eigenvalue weighted by Gasteiger charge is 2.04. The van der Waals surface area contributed by atoms with E-state index in [-0.39, 0.29) is 24.0 Å². The molecule has 1 aromatic carbocycles. The molecule has 2 aromatic heterocycles. The number of aryl methyl sites for hydroxylation is 2. The average molecular weight is 523 g/mol. The minimum Gasteiger partial charge on any atom is -0.356 e. The molecule has 0 saturated heterocycles. The molecule has 0 aliphatic heterocycles. The van der Waals surface area contributed by atoms with Gasteiger partial charge >= 0.3 is 0 Å². The zero-order valence-corrected chi connectivity index (χ0v) is 20.5. The summed E-state index contributed by atoms with van der Waals surface area (Å²) in [7, 11) is 0. The van der Waals surface area contributed by atoms with Crippen LogP contribution in [0.3, 0.4) is 0 Å². The smallest absolute Gasteiger partial charge is 0.191 e. The molecule has 2 heterocycles. The van der Waals surface area contributed by atoms with Gasteiger partial charge in [-0.1, -0.05) is 39.0 Å². The third-order valence-corrected chi connectivity index (χ3v) is 4.82. The highest BCUT2D eigenvalue weighted by molar-refractivity contribution is 14.0. The van der Waals surface area contributed by atoms with E-state index in [9.17, 15) is 0 Å². The van der Waals surface area contributed by atoms with E-state index in [1.807, 2.05) is 0 Å². The monoisotopic (exact) mass is 523 g/mol. The lowest BCUT2D eigenvalue weighted by molar-refractivity contribution is 0.609. The van der Waals surface area contributed by atoms with Crippen LogP contribution in [0.15, 0.2) is 47.8 Å². The number of aliphatic imine (C=N–C) groups is 1. The maximum Gasteiger partial charge on any atom is 0.191 e. The summed E-state index contributed by atoms with van der Waals surface area (Å²) in [4.78, 5) is 4.72. The van der Waals surface area contributed by atoms with Crippen molar-refractivity contribution in [2.24, 2.45) is 10.9 Å². The Morgan fingerprint density at radius 3 is 2.67 bits per heavy atom. The topological polar surface area (TPSA) is 72.1 Å². The molecule has 0 radical (unpaired) electrons. The first-order chi connectivity index (χ1) is 14.2. The Morgan fingerprint density at radius 2 is 1.87 bits per heavy atom. The van der Waals surface area contributed by atoms with Gasteiger partial charge in [0, 0.05) is 50.9 Å². The van der Waals surface area contributed by atoms with Crippen molar-refractivity contribution in [3.8, 4) is 0 Å². The van der Waals surface area contributed by atoms with Gasteiger partial charge in [-0.25, -0.2) is 0 Å². The van der Waals surface area contributed by atoms with Crippen LogP contribution in [0, 0.1) is 5.92 Å². The van der Waals surface area contributed by atoms with E-state index in [0.29, 0.717) is 5.92 Å². The summed E-state index contributed by atoms with van der Waals surface area (Å²) < 4.78 is 4.40. The van der Waals surface area contributed by atoms with Gasteiger partial charge in [-0.15, -0.1) is 34.2 Å². The van der Waals surface area contributed by atoms with Gasteiger partial charge in [0.1, 0.15) is 12.2 Å². The number of halogens is 1. The zero-order valence-electron chi connectivity index (χ0n) is 18.2. The van der Waals surface area contributed by atoms with E-state index in [4.69, 9.17) is 4.99 Å². The van der Waals surface area contributed by atoms with Crippen molar-refractivity contribution >= 4 is 40.8 Å². The third kappa shape index (κ3) is 7.00. The van der Waals surface area contributed by atoms with Crippen molar-refractivity contribution in [3.05, 3.63) is 48.7 Å². The number of guanidine groups is 1. The first-order valence-corrected chi connectivity index (χ1v) is 10.6. The fourth-order valence-corrected chi connectivity index (χ4v) is 3.27. The van der Waals surface area contributed by atoms with Gasteiger partial charge in [-0.2, -0.15) is 0 Å². The number of nitrogens with zero attached hydrogens (tertiary/aromatic N) is 5. The normalized spacial score (nSPS) is 11.7. The summed E-state index contributed by atoms with van der Waals surface area (Å²) in [5.74, 6) is 2.42. The molecule has 0 atom stereocenters. The van der Waals surface area contributed by atoms with Gasteiger partial charge < -0.3 is 19.8 Å². The van der Waals surface area contributed by atoms with Gasteiger partial charge in [-0.05, 0) is 29.9 Å². The van der Waals surface area contributed by atoms with Crippen molar-refractivity contribution in [2.75, 3.05) is 19.6 Å². The zero-order chi connectivity index (χ0) is 20.5. The van der Waals surface area contributed by atoms with Crippen LogP contribution in [0.2, 0.25) is 0 Å². The molecule has 0 saturated carbocycles. The first-order valence-electron chi connectivity index (χ1n) is 10.6. The summed E-state index contributed by atoms with van der Waals surface area (Å²) in [6.45, 7) is 10.8. The number of hydrogen-bond donors (Lipinski definition) is 2. The number of nitrogens with one attached hydrogen (secondary N) is 2. The molecule has 0 spiro atoms. The number of hydrogen-bond acceptors (Lipinski definition) is 3. The van der Waals surface area contributed by atoms with Gasteiger partial charge in [0.05, 0.1) is 0 Å². The Kier molecular flexibility index (Phi) is 10.1. The minimum absolute atomic E-state index is 0. The number of para-hydroxylation sites is 1. The Bertz CT molecular complexity index is 913. The standard InChI is InChI=1S/C22H33N7.HI/c1-4-21-27-26-17-29(21)15-12-24-22(25-16-18(2)3)23-11-7-13-28-14-10-19-8-5-6-9-20(19)28;/h5-6,8-10,14,17-18H,4,7,11-13,15-16H2,1-3H3,(H2,23,24,25);1H. The molecule has 2 N–H and O–H groups in total. The van der Waals surface area contributed by atoms with Crippen LogP contribution in [-0.4, -0.2) is 44.9 Å². The largest absolute Gasteiger partial charge is 0.356 e. The average Bonchev–Trinajstić information content (AvgIpc) is 3.35. The predicted molar refractivity (Wildman–Crippen MR) is 135 cm³/mol. The van der Waals surface area contributed by atoms with Gasteiger partial charge in [0.15, 0.2) is 5.96 Å². The first kappa shape index (κ1) is 24.2. The van der Waals surface area contributed by atoms with Gasteiger partial charge in [0.2, 0.25) is 0 Å². The van der Waals surface area contributed by atoms with Crippen molar-refractivity contribution in [2.45, 2.75) is 46.7 Å². The minimum atomic E-state index is 0. The molecule has 0 bridgehead atoms. The molecule has 0 aliphatic carbocycles. The molecule has 3 aromatic rings. The molecular formula is C22H34IN7. The van der Waals surface area contributed by atoms with E-state index in [2.05, 4.69) is 87.3 Å². The molecule has 7 nitrogen and oxygen atoms in total. The quantitative estimate of drug-likeness (QED) is 0.184. The van der Waals surface area contributed by atoms with Crippen LogP contribution >= 0.6 is 24.0 Å². The van der Waals surface area contributed by atoms with Crippen LogP contribution in [0.1, 0.15) is 33.0 Å². The van der Waals surface area contributed by atoms with Crippen molar-refractivity contribution in [1.29, 1.82) is 0 Å². The molecule has 164 valence electrons. The van der Waals surface area contributed by atoms with E-state index >= 15 is 0 Å². The van der Waals surface area contributed by atoms with Crippen LogP contribution in [0.4, 0.5) is 0 Å². The number of fused-ring (bicyclic) bond motifs is 1. The second kappa shape index (κ2) is 12.6. The van der Waals surface area contributed by atoms with Gasteiger partial charge in [-0.3, -0.25) is 4.99 Å². The highest BCUT2D eigenvalue weighted by atomic mass is 127.